The maximum atomic E-state index is 13.2. The summed E-state index contributed by atoms with van der Waals surface area (Å²) in [6, 6.07) is 10.7. The number of ether oxygens (including phenoxy) is 1. The average Bonchev–Trinajstić information content (AvgIpc) is 2.81. The number of aliphatic hydroxyl groups is 1. The van der Waals surface area contributed by atoms with Crippen LogP contribution >= 0.6 is 0 Å². The van der Waals surface area contributed by atoms with E-state index in [-0.39, 0.29) is 30.0 Å². The minimum Gasteiger partial charge on any atom is -0.460 e. The molecule has 1 atom stereocenters. The zero-order valence-corrected chi connectivity index (χ0v) is 17.5. The number of rotatable bonds is 6. The number of aliphatic hydroxyl groups excluding tert-OH is 1. The van der Waals surface area contributed by atoms with Crippen LogP contribution in [0.2, 0.25) is 0 Å². The monoisotopic (exact) mass is 459 g/mol. The number of urea groups is 1. The van der Waals surface area contributed by atoms with Crippen molar-refractivity contribution in [1.29, 1.82) is 5.26 Å². The van der Waals surface area contributed by atoms with Crippen LogP contribution in [-0.4, -0.2) is 30.3 Å². The highest BCUT2D eigenvalue weighted by molar-refractivity contribution is 6.03. The van der Waals surface area contributed by atoms with Crippen LogP contribution in [0.1, 0.15) is 36.1 Å². The van der Waals surface area contributed by atoms with E-state index in [9.17, 15) is 22.8 Å². The number of alkyl halides is 3. The Morgan fingerprint density at radius 2 is 1.94 bits per heavy atom. The number of carbonyl (C=O) groups excluding carboxylic acids is 2. The van der Waals surface area contributed by atoms with Gasteiger partial charge in [0.25, 0.3) is 0 Å². The Morgan fingerprint density at radius 3 is 2.52 bits per heavy atom. The number of carbonyl (C=O) groups is 2. The van der Waals surface area contributed by atoms with Crippen LogP contribution < -0.4 is 10.2 Å². The van der Waals surface area contributed by atoms with Gasteiger partial charge in [-0.15, -0.1) is 0 Å². The molecule has 1 unspecified atom stereocenters. The van der Waals surface area contributed by atoms with Gasteiger partial charge < -0.3 is 15.2 Å². The highest BCUT2D eigenvalue weighted by Crippen LogP contribution is 2.38. The summed E-state index contributed by atoms with van der Waals surface area (Å²) < 4.78 is 44.8. The summed E-state index contributed by atoms with van der Waals surface area (Å²) in [4.78, 5) is 27.0. The largest absolute Gasteiger partial charge is 0.460 e. The maximum absolute atomic E-state index is 13.2. The highest BCUT2D eigenvalue weighted by Gasteiger charge is 2.39. The molecule has 0 radical (unpaired) electrons. The molecule has 2 amide bonds. The minimum atomic E-state index is -4.62. The second-order valence-electron chi connectivity index (χ2n) is 7.07. The first-order chi connectivity index (χ1) is 15.7. The Bertz CT molecular complexity index is 1120. The predicted octanol–water partition coefficient (Wildman–Crippen LogP) is 4.05. The zero-order chi connectivity index (χ0) is 24.2. The number of nitrogens with zero attached hydrogens (tertiary/aromatic N) is 2. The van der Waals surface area contributed by atoms with Crippen molar-refractivity contribution in [1.82, 2.24) is 5.32 Å². The van der Waals surface area contributed by atoms with Gasteiger partial charge in [-0.3, -0.25) is 4.90 Å². The van der Waals surface area contributed by atoms with Gasteiger partial charge >= 0.3 is 18.2 Å². The van der Waals surface area contributed by atoms with Gasteiger partial charge in [-0.1, -0.05) is 25.1 Å². The lowest BCUT2D eigenvalue weighted by Crippen LogP contribution is -2.49. The maximum Gasteiger partial charge on any atom is 0.416 e. The summed E-state index contributed by atoms with van der Waals surface area (Å²) in [5.74, 6) is -0.827. The lowest BCUT2D eigenvalue weighted by Gasteiger charge is -2.36. The standard InChI is InChI=1S/C23H20F3N3O4/c1-2-18-19(21(31)33-11-10-30)20(15-8-6-14(13-27)7-9-15)28-22(32)29(18)17-5-3-4-16(12-17)23(24,25)26/h3-9,12,20,30H,2,10-11H2,1H3,(H,28,32). The van der Waals surface area contributed by atoms with Crippen LogP contribution in [0, 0.1) is 11.3 Å². The molecule has 1 aliphatic heterocycles. The number of nitriles is 1. The van der Waals surface area contributed by atoms with Gasteiger partial charge in [0.2, 0.25) is 0 Å². The molecule has 0 aliphatic carbocycles. The molecule has 2 aromatic rings. The topological polar surface area (TPSA) is 103 Å². The summed E-state index contributed by atoms with van der Waals surface area (Å²) in [5, 5.41) is 20.7. The lowest BCUT2D eigenvalue weighted by atomic mass is 9.92. The molecule has 10 heteroatoms. The van der Waals surface area contributed by atoms with Crippen molar-refractivity contribution in [2.24, 2.45) is 0 Å². The molecular weight excluding hydrogens is 439 g/mol. The van der Waals surface area contributed by atoms with Crippen molar-refractivity contribution in [2.75, 3.05) is 18.1 Å². The van der Waals surface area contributed by atoms with E-state index in [1.807, 2.05) is 6.07 Å². The van der Waals surface area contributed by atoms with E-state index >= 15 is 0 Å². The van der Waals surface area contributed by atoms with Gasteiger partial charge in [0, 0.05) is 5.70 Å². The van der Waals surface area contributed by atoms with Crippen molar-refractivity contribution in [2.45, 2.75) is 25.6 Å². The Morgan fingerprint density at radius 1 is 1.24 bits per heavy atom. The number of allylic oxidation sites excluding steroid dienone is 1. The average molecular weight is 459 g/mol. The molecule has 0 aromatic heterocycles. The van der Waals surface area contributed by atoms with Crippen LogP contribution in [-0.2, 0) is 15.7 Å². The summed E-state index contributed by atoms with van der Waals surface area (Å²) in [6.45, 7) is 0.937. The van der Waals surface area contributed by atoms with E-state index in [4.69, 9.17) is 15.1 Å². The van der Waals surface area contributed by atoms with Crippen molar-refractivity contribution >= 4 is 17.7 Å². The molecule has 0 saturated carbocycles. The molecule has 2 aromatic carbocycles. The third-order valence-corrected chi connectivity index (χ3v) is 5.02. The smallest absolute Gasteiger partial charge is 0.416 e. The van der Waals surface area contributed by atoms with Gasteiger partial charge in [-0.2, -0.15) is 18.4 Å². The number of hydrogen-bond donors (Lipinski definition) is 2. The summed E-state index contributed by atoms with van der Waals surface area (Å²) in [7, 11) is 0. The van der Waals surface area contributed by atoms with Crippen molar-refractivity contribution in [3.63, 3.8) is 0 Å². The second kappa shape index (κ2) is 9.75. The molecular formula is C23H20F3N3O4. The summed E-state index contributed by atoms with van der Waals surface area (Å²) in [6.07, 6.45) is -4.49. The van der Waals surface area contributed by atoms with E-state index in [2.05, 4.69) is 5.32 Å². The van der Waals surface area contributed by atoms with Gasteiger partial charge in [-0.05, 0) is 42.3 Å². The fourth-order valence-electron chi connectivity index (χ4n) is 3.56. The number of hydrogen-bond acceptors (Lipinski definition) is 5. The van der Waals surface area contributed by atoms with Crippen LogP contribution in [0.15, 0.2) is 59.8 Å². The van der Waals surface area contributed by atoms with Gasteiger partial charge in [-0.25, -0.2) is 9.59 Å². The quantitative estimate of drug-likeness (QED) is 0.635. The van der Waals surface area contributed by atoms with Crippen LogP contribution in [0.5, 0.6) is 0 Å². The SMILES string of the molecule is CCC1=C(C(=O)OCCO)C(c2ccc(C#N)cc2)NC(=O)N1c1cccc(C(F)(F)F)c1. The third kappa shape index (κ3) is 4.99. The molecule has 0 fully saturated rings. The molecule has 33 heavy (non-hydrogen) atoms. The number of anilines is 1. The van der Waals surface area contributed by atoms with E-state index in [0.29, 0.717) is 11.1 Å². The normalized spacial score (nSPS) is 16.3. The van der Waals surface area contributed by atoms with E-state index in [0.717, 1.165) is 17.0 Å². The Hall–Kier alpha value is -3.84. The minimum absolute atomic E-state index is 0.0210. The number of esters is 1. The molecule has 7 nitrogen and oxygen atoms in total. The molecule has 0 spiro atoms. The lowest BCUT2D eigenvalue weighted by molar-refractivity contribution is -0.140. The second-order valence-corrected chi connectivity index (χ2v) is 7.07. The van der Waals surface area contributed by atoms with Gasteiger partial charge in [0.1, 0.15) is 6.61 Å². The van der Waals surface area contributed by atoms with Gasteiger partial charge in [0.15, 0.2) is 0 Å². The first-order valence-corrected chi connectivity index (χ1v) is 10.00. The number of nitrogens with one attached hydrogen (secondary N) is 1. The van der Waals surface area contributed by atoms with E-state index < -0.39 is 36.4 Å². The Labute approximate surface area is 187 Å². The first kappa shape index (κ1) is 23.8. The number of halogens is 3. The fourth-order valence-corrected chi connectivity index (χ4v) is 3.56. The number of amides is 2. The molecule has 1 aliphatic rings. The first-order valence-electron chi connectivity index (χ1n) is 10.00. The van der Waals surface area contributed by atoms with E-state index in [1.54, 1.807) is 19.1 Å². The van der Waals surface area contributed by atoms with Crippen LogP contribution in [0.3, 0.4) is 0 Å². The van der Waals surface area contributed by atoms with Crippen molar-refractivity contribution in [3.8, 4) is 6.07 Å². The molecule has 2 N–H and O–H groups in total. The molecule has 0 bridgehead atoms. The fraction of sp³-hybridized carbons (Fsp3) is 0.261. The van der Waals surface area contributed by atoms with Crippen LogP contribution in [0.25, 0.3) is 0 Å². The molecule has 3 rings (SSSR count). The Balaban J connectivity index is 2.17. The molecule has 1 heterocycles. The number of benzene rings is 2. The Kier molecular flexibility index (Phi) is 7.04. The zero-order valence-electron chi connectivity index (χ0n) is 17.5. The van der Waals surface area contributed by atoms with Crippen molar-refractivity contribution in [3.05, 3.63) is 76.5 Å². The van der Waals surface area contributed by atoms with E-state index in [1.165, 1.54) is 24.3 Å². The van der Waals surface area contributed by atoms with Gasteiger partial charge in [0.05, 0.1) is 41.1 Å². The van der Waals surface area contributed by atoms with Crippen LogP contribution in [0.4, 0.5) is 23.7 Å². The summed E-state index contributed by atoms with van der Waals surface area (Å²) >= 11 is 0. The van der Waals surface area contributed by atoms with Crippen molar-refractivity contribution < 1.29 is 32.6 Å². The molecule has 172 valence electrons. The molecule has 0 saturated heterocycles. The summed E-state index contributed by atoms with van der Waals surface area (Å²) in [5.41, 5.74) is 0.0263. The predicted molar refractivity (Wildman–Crippen MR) is 112 cm³/mol. The third-order valence-electron chi connectivity index (χ3n) is 5.02. The highest BCUT2D eigenvalue weighted by atomic mass is 19.4.